The number of furan rings is 1. The summed E-state index contributed by atoms with van der Waals surface area (Å²) in [4.78, 5) is 0. The van der Waals surface area contributed by atoms with Gasteiger partial charge in [-0.2, -0.15) is 0 Å². The molecule has 4 rings (SSSR count). The van der Waals surface area contributed by atoms with E-state index in [0.717, 1.165) is 41.5 Å². The number of ether oxygens (including phenoxy) is 3. The predicted molar refractivity (Wildman–Crippen MR) is 79.2 cm³/mol. The fourth-order valence-electron chi connectivity index (χ4n) is 3.25. The van der Waals surface area contributed by atoms with E-state index in [9.17, 15) is 0 Å². The number of para-hydroxylation sites is 1. The van der Waals surface area contributed by atoms with Crippen LogP contribution in [0.3, 0.4) is 0 Å². The van der Waals surface area contributed by atoms with Crippen molar-refractivity contribution >= 4 is 16.5 Å². The van der Waals surface area contributed by atoms with Gasteiger partial charge in [-0.25, -0.2) is 0 Å². The first-order valence-corrected chi connectivity index (χ1v) is 7.33. The molecule has 0 saturated carbocycles. The second kappa shape index (κ2) is 4.90. The molecule has 2 aromatic rings. The molecular formula is C17H18O4. The highest BCUT2D eigenvalue weighted by Gasteiger charge is 2.38. The topological polar surface area (TPSA) is 40.8 Å². The molecule has 0 atom stereocenters. The largest absolute Gasteiger partial charge is 0.493 e. The van der Waals surface area contributed by atoms with Crippen LogP contribution < -0.4 is 4.74 Å². The first-order chi connectivity index (χ1) is 10.3. The van der Waals surface area contributed by atoms with Gasteiger partial charge in [0.1, 0.15) is 0 Å². The van der Waals surface area contributed by atoms with Crippen molar-refractivity contribution in [3.63, 3.8) is 0 Å². The van der Waals surface area contributed by atoms with Crippen LogP contribution in [0.1, 0.15) is 24.8 Å². The Kier molecular flexibility index (Phi) is 3.01. The molecule has 2 aliphatic rings. The SMILES string of the molecule is COc1cccc2c(C3=CCC4(CC3)OCCO4)coc12. The lowest BCUT2D eigenvalue weighted by atomic mass is 9.89. The predicted octanol–water partition coefficient (Wildman–Crippen LogP) is 3.75. The van der Waals surface area contributed by atoms with Crippen molar-refractivity contribution in [1.82, 2.24) is 0 Å². The highest BCUT2D eigenvalue weighted by atomic mass is 16.7. The Balaban J connectivity index is 1.70. The van der Waals surface area contributed by atoms with E-state index in [1.807, 2.05) is 18.4 Å². The summed E-state index contributed by atoms with van der Waals surface area (Å²) in [5, 5.41) is 1.10. The molecule has 4 nitrogen and oxygen atoms in total. The first kappa shape index (κ1) is 12.9. The zero-order chi connectivity index (χ0) is 14.3. The van der Waals surface area contributed by atoms with Gasteiger partial charge in [-0.15, -0.1) is 0 Å². The zero-order valence-electron chi connectivity index (χ0n) is 12.1. The van der Waals surface area contributed by atoms with E-state index in [1.54, 1.807) is 7.11 Å². The summed E-state index contributed by atoms with van der Waals surface area (Å²) in [6, 6.07) is 5.98. The number of hydrogen-bond acceptors (Lipinski definition) is 4. The van der Waals surface area contributed by atoms with Crippen LogP contribution in [0.4, 0.5) is 0 Å². The van der Waals surface area contributed by atoms with E-state index < -0.39 is 0 Å². The molecule has 1 spiro atoms. The van der Waals surface area contributed by atoms with Crippen molar-refractivity contribution in [2.45, 2.75) is 25.0 Å². The standard InChI is InChI=1S/C17H18O4/c1-18-15-4-2-3-13-14(11-19-16(13)15)12-5-7-17(8-6-12)20-9-10-21-17/h2-5,11H,6-10H2,1H3. The molecule has 21 heavy (non-hydrogen) atoms. The maximum atomic E-state index is 5.76. The number of allylic oxidation sites excluding steroid dienone is 1. The van der Waals surface area contributed by atoms with Crippen molar-refractivity contribution in [3.05, 3.63) is 36.1 Å². The normalized spacial score (nSPS) is 20.9. The van der Waals surface area contributed by atoms with E-state index in [0.29, 0.717) is 13.2 Å². The quantitative estimate of drug-likeness (QED) is 0.843. The second-order valence-corrected chi connectivity index (χ2v) is 5.53. The molecule has 0 bridgehead atoms. The molecule has 1 fully saturated rings. The van der Waals surface area contributed by atoms with Crippen LogP contribution in [0.5, 0.6) is 5.75 Å². The summed E-state index contributed by atoms with van der Waals surface area (Å²) >= 11 is 0. The van der Waals surface area contributed by atoms with Crippen LogP contribution in [0.2, 0.25) is 0 Å². The lowest BCUT2D eigenvalue weighted by Gasteiger charge is -2.30. The molecule has 0 amide bonds. The minimum atomic E-state index is -0.374. The Labute approximate surface area is 123 Å². The van der Waals surface area contributed by atoms with Gasteiger partial charge >= 0.3 is 0 Å². The van der Waals surface area contributed by atoms with E-state index in [1.165, 1.54) is 5.57 Å². The Bertz CT molecular complexity index is 692. The van der Waals surface area contributed by atoms with Gasteiger partial charge < -0.3 is 18.6 Å². The van der Waals surface area contributed by atoms with Gasteiger partial charge in [0.15, 0.2) is 17.1 Å². The minimum absolute atomic E-state index is 0.374. The van der Waals surface area contributed by atoms with E-state index >= 15 is 0 Å². The molecule has 0 unspecified atom stereocenters. The number of benzene rings is 1. The first-order valence-electron chi connectivity index (χ1n) is 7.33. The number of methoxy groups -OCH3 is 1. The van der Waals surface area contributed by atoms with Crippen molar-refractivity contribution in [3.8, 4) is 5.75 Å². The molecular weight excluding hydrogens is 268 g/mol. The number of fused-ring (bicyclic) bond motifs is 1. The van der Waals surface area contributed by atoms with Crippen LogP contribution in [0.25, 0.3) is 16.5 Å². The summed E-state index contributed by atoms with van der Waals surface area (Å²) in [7, 11) is 1.66. The number of hydrogen-bond donors (Lipinski definition) is 0. The fraction of sp³-hybridized carbons (Fsp3) is 0.412. The smallest absolute Gasteiger partial charge is 0.176 e. The molecule has 1 aromatic carbocycles. The Hall–Kier alpha value is -1.78. The van der Waals surface area contributed by atoms with Crippen molar-refractivity contribution < 1.29 is 18.6 Å². The van der Waals surface area contributed by atoms with E-state index in [2.05, 4.69) is 12.1 Å². The maximum absolute atomic E-state index is 5.76. The summed E-state index contributed by atoms with van der Waals surface area (Å²) in [5.41, 5.74) is 3.26. The molecule has 2 heterocycles. The summed E-state index contributed by atoms with van der Waals surface area (Å²) in [6.07, 6.45) is 6.69. The molecule has 1 saturated heterocycles. The third-order valence-electron chi connectivity index (χ3n) is 4.38. The molecule has 110 valence electrons. The molecule has 0 radical (unpaired) electrons. The second-order valence-electron chi connectivity index (χ2n) is 5.53. The van der Waals surface area contributed by atoms with Gasteiger partial charge in [-0.1, -0.05) is 18.2 Å². The zero-order valence-corrected chi connectivity index (χ0v) is 12.1. The van der Waals surface area contributed by atoms with E-state index in [-0.39, 0.29) is 5.79 Å². The summed E-state index contributed by atoms with van der Waals surface area (Å²) < 4.78 is 22.6. The van der Waals surface area contributed by atoms with Crippen molar-refractivity contribution in [2.75, 3.05) is 20.3 Å². The van der Waals surface area contributed by atoms with Gasteiger partial charge in [-0.05, 0) is 18.1 Å². The van der Waals surface area contributed by atoms with E-state index in [4.69, 9.17) is 18.6 Å². The van der Waals surface area contributed by atoms with Gasteiger partial charge in [0, 0.05) is 23.8 Å². The van der Waals surface area contributed by atoms with Gasteiger partial charge in [0.05, 0.1) is 26.6 Å². The van der Waals surface area contributed by atoms with Crippen LogP contribution in [-0.2, 0) is 9.47 Å². The van der Waals surface area contributed by atoms with Crippen molar-refractivity contribution in [1.29, 1.82) is 0 Å². The monoisotopic (exact) mass is 286 g/mol. The Morgan fingerprint density at radius 2 is 2.05 bits per heavy atom. The molecule has 4 heteroatoms. The molecule has 1 aliphatic heterocycles. The van der Waals surface area contributed by atoms with Gasteiger partial charge in [-0.3, -0.25) is 0 Å². The van der Waals surface area contributed by atoms with Crippen LogP contribution in [-0.4, -0.2) is 26.1 Å². The minimum Gasteiger partial charge on any atom is -0.493 e. The van der Waals surface area contributed by atoms with Crippen LogP contribution in [0, 0.1) is 0 Å². The average molecular weight is 286 g/mol. The highest BCUT2D eigenvalue weighted by Crippen LogP contribution is 2.41. The number of rotatable bonds is 2. The Morgan fingerprint density at radius 1 is 1.19 bits per heavy atom. The lowest BCUT2D eigenvalue weighted by Crippen LogP contribution is -2.31. The fourth-order valence-corrected chi connectivity index (χ4v) is 3.25. The van der Waals surface area contributed by atoms with Gasteiger partial charge in [0.25, 0.3) is 0 Å². The van der Waals surface area contributed by atoms with Gasteiger partial charge in [0.2, 0.25) is 0 Å². The highest BCUT2D eigenvalue weighted by molar-refractivity contribution is 5.94. The summed E-state index contributed by atoms with van der Waals surface area (Å²) in [5.74, 6) is 0.398. The van der Waals surface area contributed by atoms with Crippen LogP contribution >= 0.6 is 0 Å². The maximum Gasteiger partial charge on any atom is 0.176 e. The summed E-state index contributed by atoms with van der Waals surface area (Å²) in [6.45, 7) is 1.41. The van der Waals surface area contributed by atoms with Crippen molar-refractivity contribution in [2.24, 2.45) is 0 Å². The Morgan fingerprint density at radius 3 is 2.76 bits per heavy atom. The third-order valence-corrected chi connectivity index (χ3v) is 4.38. The third kappa shape index (κ3) is 2.06. The lowest BCUT2D eigenvalue weighted by molar-refractivity contribution is -0.159. The molecule has 1 aliphatic carbocycles. The molecule has 1 aromatic heterocycles. The van der Waals surface area contributed by atoms with Crippen LogP contribution in [0.15, 0.2) is 35.0 Å². The average Bonchev–Trinajstić information content (AvgIpc) is 3.15. The molecule has 0 N–H and O–H groups in total.